The molecule has 3 aromatic rings. The van der Waals surface area contributed by atoms with E-state index in [-0.39, 0.29) is 0 Å². The van der Waals surface area contributed by atoms with E-state index in [4.69, 9.17) is 10.5 Å². The number of H-pyrrole nitrogens is 1. The fourth-order valence-electron chi connectivity index (χ4n) is 3.98. The second-order valence-electron chi connectivity index (χ2n) is 7.71. The van der Waals surface area contributed by atoms with Crippen molar-refractivity contribution in [2.45, 2.75) is 38.5 Å². The molecule has 1 saturated carbocycles. The first kappa shape index (κ1) is 20.7. The summed E-state index contributed by atoms with van der Waals surface area (Å²) < 4.78 is 5.24. The SMILES string of the molecule is CC1CCC(c2ccccc2)CC1.COc1ccccc1-c1c[nH]cc1C(N)=O. The van der Waals surface area contributed by atoms with Crippen LogP contribution in [0.15, 0.2) is 67.0 Å². The third-order valence-electron chi connectivity index (χ3n) is 5.69. The number of hydrogen-bond donors (Lipinski definition) is 2. The van der Waals surface area contributed by atoms with Crippen LogP contribution in [0.25, 0.3) is 11.1 Å². The van der Waals surface area contributed by atoms with E-state index in [1.165, 1.54) is 25.7 Å². The number of carbonyl (C=O) groups excluding carboxylic acids is 1. The van der Waals surface area contributed by atoms with Gasteiger partial charge in [-0.25, -0.2) is 0 Å². The number of methoxy groups -OCH3 is 1. The van der Waals surface area contributed by atoms with Gasteiger partial charge in [0, 0.05) is 23.5 Å². The number of nitrogens with two attached hydrogens (primary N) is 1. The second-order valence-corrected chi connectivity index (χ2v) is 7.71. The molecule has 4 nitrogen and oxygen atoms in total. The number of primary amides is 1. The van der Waals surface area contributed by atoms with Crippen molar-refractivity contribution in [1.82, 2.24) is 4.98 Å². The molecule has 1 aliphatic carbocycles. The first-order valence-corrected chi connectivity index (χ1v) is 10.2. The van der Waals surface area contributed by atoms with Crippen LogP contribution < -0.4 is 10.5 Å². The maximum Gasteiger partial charge on any atom is 0.250 e. The van der Waals surface area contributed by atoms with Crippen molar-refractivity contribution in [1.29, 1.82) is 0 Å². The highest BCUT2D eigenvalue weighted by molar-refractivity contribution is 6.00. The van der Waals surface area contributed by atoms with Crippen molar-refractivity contribution in [3.05, 3.63) is 78.1 Å². The number of aromatic nitrogens is 1. The quantitative estimate of drug-likeness (QED) is 0.594. The van der Waals surface area contributed by atoms with Gasteiger partial charge in [-0.15, -0.1) is 0 Å². The molecule has 4 rings (SSSR count). The number of para-hydroxylation sites is 1. The zero-order valence-corrected chi connectivity index (χ0v) is 17.2. The Morgan fingerprint density at radius 3 is 2.24 bits per heavy atom. The molecule has 0 aliphatic heterocycles. The van der Waals surface area contributed by atoms with Crippen molar-refractivity contribution in [3.8, 4) is 16.9 Å². The number of ether oxygens (including phenoxy) is 1. The zero-order valence-electron chi connectivity index (χ0n) is 17.2. The molecule has 0 saturated heterocycles. The second kappa shape index (κ2) is 9.97. The molecule has 3 N–H and O–H groups in total. The van der Waals surface area contributed by atoms with Gasteiger partial charge in [-0.3, -0.25) is 4.79 Å². The molecule has 2 aromatic carbocycles. The van der Waals surface area contributed by atoms with Crippen molar-refractivity contribution < 1.29 is 9.53 Å². The Balaban J connectivity index is 0.000000169. The van der Waals surface area contributed by atoms with E-state index in [9.17, 15) is 4.79 Å². The van der Waals surface area contributed by atoms with Crippen LogP contribution in [0.5, 0.6) is 5.75 Å². The summed E-state index contributed by atoms with van der Waals surface area (Å²) in [6.07, 6.45) is 8.94. The molecule has 0 unspecified atom stereocenters. The van der Waals surface area contributed by atoms with Gasteiger partial charge in [-0.2, -0.15) is 0 Å². The van der Waals surface area contributed by atoms with Crippen LogP contribution in [0.1, 0.15) is 54.4 Å². The number of hydrogen-bond acceptors (Lipinski definition) is 2. The van der Waals surface area contributed by atoms with Crippen molar-refractivity contribution in [2.75, 3.05) is 7.11 Å². The highest BCUT2D eigenvalue weighted by Gasteiger charge is 2.19. The Morgan fingerprint density at radius 1 is 0.931 bits per heavy atom. The van der Waals surface area contributed by atoms with Gasteiger partial charge in [-0.1, -0.05) is 68.3 Å². The predicted octanol–water partition coefficient (Wildman–Crippen LogP) is 5.77. The van der Waals surface area contributed by atoms with Gasteiger partial charge >= 0.3 is 0 Å². The topological polar surface area (TPSA) is 68.1 Å². The molecule has 1 fully saturated rings. The van der Waals surface area contributed by atoms with E-state index >= 15 is 0 Å². The molecule has 29 heavy (non-hydrogen) atoms. The third-order valence-corrected chi connectivity index (χ3v) is 5.69. The van der Waals surface area contributed by atoms with E-state index in [1.54, 1.807) is 25.1 Å². The molecule has 1 heterocycles. The monoisotopic (exact) mass is 390 g/mol. The number of benzene rings is 2. The lowest BCUT2D eigenvalue weighted by Crippen LogP contribution is -2.10. The molecule has 4 heteroatoms. The van der Waals surface area contributed by atoms with Gasteiger partial charge in [0.2, 0.25) is 0 Å². The van der Waals surface area contributed by atoms with E-state index in [1.807, 2.05) is 24.3 Å². The van der Waals surface area contributed by atoms with Crippen LogP contribution in [0.2, 0.25) is 0 Å². The molecular weight excluding hydrogens is 360 g/mol. The fraction of sp³-hybridized carbons (Fsp3) is 0.320. The lowest BCUT2D eigenvalue weighted by Gasteiger charge is -2.26. The van der Waals surface area contributed by atoms with Gasteiger partial charge in [0.25, 0.3) is 5.91 Å². The Hall–Kier alpha value is -3.01. The van der Waals surface area contributed by atoms with Crippen LogP contribution in [0.3, 0.4) is 0 Å². The normalized spacial score (nSPS) is 18.4. The molecule has 0 atom stereocenters. The first-order valence-electron chi connectivity index (χ1n) is 10.2. The average molecular weight is 391 g/mol. The summed E-state index contributed by atoms with van der Waals surface area (Å²) in [4.78, 5) is 14.1. The fourth-order valence-corrected chi connectivity index (χ4v) is 3.98. The molecule has 152 valence electrons. The summed E-state index contributed by atoms with van der Waals surface area (Å²) in [5.41, 5.74) is 8.90. The van der Waals surface area contributed by atoms with Gasteiger partial charge < -0.3 is 15.5 Å². The van der Waals surface area contributed by atoms with Gasteiger partial charge in [0.05, 0.1) is 12.7 Å². The summed E-state index contributed by atoms with van der Waals surface area (Å²) in [6.45, 7) is 2.38. The maximum absolute atomic E-state index is 11.2. The van der Waals surface area contributed by atoms with Crippen LogP contribution >= 0.6 is 0 Å². The Labute approximate surface area is 173 Å². The van der Waals surface area contributed by atoms with Crippen molar-refractivity contribution >= 4 is 5.91 Å². The largest absolute Gasteiger partial charge is 0.496 e. The van der Waals surface area contributed by atoms with Crippen LogP contribution in [0, 0.1) is 5.92 Å². The van der Waals surface area contributed by atoms with E-state index in [2.05, 4.69) is 42.2 Å². The number of nitrogens with one attached hydrogen (secondary N) is 1. The zero-order chi connectivity index (χ0) is 20.6. The highest BCUT2D eigenvalue weighted by atomic mass is 16.5. The highest BCUT2D eigenvalue weighted by Crippen LogP contribution is 2.35. The van der Waals surface area contributed by atoms with Crippen molar-refractivity contribution in [3.63, 3.8) is 0 Å². The van der Waals surface area contributed by atoms with E-state index in [0.717, 1.165) is 23.0 Å². The van der Waals surface area contributed by atoms with Gasteiger partial charge in [0.1, 0.15) is 5.75 Å². The molecule has 1 aromatic heterocycles. The standard InChI is InChI=1S/C13H18.C12H12N2O2/c1-11-7-9-13(10-8-11)12-5-3-2-4-6-12;1-16-11-5-3-2-4-8(11)9-6-14-7-10(9)12(13)15/h2-6,11,13H,7-10H2,1H3;2-7,14H,1H3,(H2,13,15). The number of carbonyl (C=O) groups is 1. The molecular formula is C25H30N2O2. The molecule has 0 bridgehead atoms. The molecule has 0 spiro atoms. The van der Waals surface area contributed by atoms with E-state index < -0.39 is 5.91 Å². The van der Waals surface area contributed by atoms with Gasteiger partial charge in [-0.05, 0) is 36.3 Å². The van der Waals surface area contributed by atoms with Gasteiger partial charge in [0.15, 0.2) is 0 Å². The summed E-state index contributed by atoms with van der Waals surface area (Å²) >= 11 is 0. The molecule has 0 radical (unpaired) electrons. The summed E-state index contributed by atoms with van der Waals surface area (Å²) in [6, 6.07) is 18.5. The Kier molecular flexibility index (Phi) is 7.12. The van der Waals surface area contributed by atoms with E-state index in [0.29, 0.717) is 11.3 Å². The molecule has 1 amide bonds. The van der Waals surface area contributed by atoms with Crippen molar-refractivity contribution in [2.24, 2.45) is 11.7 Å². The third kappa shape index (κ3) is 5.29. The minimum absolute atomic E-state index is 0.456. The Morgan fingerprint density at radius 2 is 1.59 bits per heavy atom. The number of rotatable bonds is 4. The van der Waals surface area contributed by atoms with Crippen LogP contribution in [-0.2, 0) is 0 Å². The summed E-state index contributed by atoms with van der Waals surface area (Å²) in [7, 11) is 1.59. The average Bonchev–Trinajstić information content (AvgIpc) is 3.25. The Bertz CT molecular complexity index is 909. The summed E-state index contributed by atoms with van der Waals surface area (Å²) in [5, 5.41) is 0. The first-order chi connectivity index (χ1) is 14.1. The maximum atomic E-state index is 11.2. The minimum Gasteiger partial charge on any atom is -0.496 e. The van der Waals surface area contributed by atoms with Crippen LogP contribution in [0.4, 0.5) is 0 Å². The number of amides is 1. The number of aromatic amines is 1. The summed E-state index contributed by atoms with van der Waals surface area (Å²) in [5.74, 6) is 2.06. The lowest BCUT2D eigenvalue weighted by atomic mass is 9.79. The smallest absolute Gasteiger partial charge is 0.250 e. The minimum atomic E-state index is -0.456. The molecule has 1 aliphatic rings. The lowest BCUT2D eigenvalue weighted by molar-refractivity contribution is 0.100. The van der Waals surface area contributed by atoms with Crippen LogP contribution in [-0.4, -0.2) is 18.0 Å². The predicted molar refractivity (Wildman–Crippen MR) is 118 cm³/mol.